The van der Waals surface area contributed by atoms with E-state index in [1.54, 1.807) is 12.1 Å². The summed E-state index contributed by atoms with van der Waals surface area (Å²) in [4.78, 5) is 38.8. The number of nitrogens with one attached hydrogen (secondary N) is 2. The van der Waals surface area contributed by atoms with Crippen LogP contribution in [-0.4, -0.2) is 43.2 Å². The second-order valence-corrected chi connectivity index (χ2v) is 10.0. The van der Waals surface area contributed by atoms with Gasteiger partial charge in [0.2, 0.25) is 5.91 Å². The molecule has 2 N–H and O–H groups in total. The third-order valence-electron chi connectivity index (χ3n) is 5.46. The molecule has 2 aromatic rings. The van der Waals surface area contributed by atoms with Gasteiger partial charge >= 0.3 is 6.09 Å². The third-order valence-corrected chi connectivity index (χ3v) is 6.96. The van der Waals surface area contributed by atoms with Crippen LogP contribution in [0.1, 0.15) is 25.7 Å². The molecular formula is C21H21BrFN3O5S. The molecule has 0 atom stereocenters. The fourth-order valence-corrected chi connectivity index (χ4v) is 5.07. The number of thiophene rings is 1. The predicted octanol–water partition coefficient (Wildman–Crippen LogP) is 4.05. The molecule has 0 spiro atoms. The molecule has 4 rings (SSSR count). The monoisotopic (exact) mass is 525 g/mol. The Morgan fingerprint density at radius 3 is 2.66 bits per heavy atom. The van der Waals surface area contributed by atoms with E-state index in [1.807, 2.05) is 0 Å². The first-order chi connectivity index (χ1) is 15.4. The number of halogens is 2. The van der Waals surface area contributed by atoms with Crippen molar-refractivity contribution in [3.05, 3.63) is 39.9 Å². The van der Waals surface area contributed by atoms with Gasteiger partial charge in [-0.05, 0) is 59.1 Å². The minimum Gasteiger partial charge on any atom is -0.399 e. The topological polar surface area (TPSA) is 97.0 Å². The molecule has 8 nitrogen and oxygen atoms in total. The molecule has 1 aliphatic carbocycles. The Balaban J connectivity index is 1.45. The zero-order chi connectivity index (χ0) is 22.7. The van der Waals surface area contributed by atoms with Crippen molar-refractivity contribution in [1.82, 2.24) is 5.32 Å². The Kier molecular flexibility index (Phi) is 6.77. The number of anilines is 2. The number of ether oxygens (including phenoxy) is 2. The molecule has 2 heterocycles. The van der Waals surface area contributed by atoms with Gasteiger partial charge in [0.05, 0.1) is 16.1 Å². The van der Waals surface area contributed by atoms with Crippen molar-refractivity contribution in [2.24, 2.45) is 0 Å². The highest BCUT2D eigenvalue weighted by molar-refractivity contribution is 9.11. The van der Waals surface area contributed by atoms with Gasteiger partial charge in [-0.15, -0.1) is 0 Å². The van der Waals surface area contributed by atoms with Gasteiger partial charge in [0.25, 0.3) is 5.91 Å². The molecule has 0 unspecified atom stereocenters. The van der Waals surface area contributed by atoms with Crippen LogP contribution < -0.4 is 20.3 Å². The smallest absolute Gasteiger partial charge is 0.399 e. The summed E-state index contributed by atoms with van der Waals surface area (Å²) >= 11 is 4.56. The zero-order valence-corrected chi connectivity index (χ0v) is 19.4. The number of morpholine rings is 1. The summed E-state index contributed by atoms with van der Waals surface area (Å²) < 4.78 is 25.9. The summed E-state index contributed by atoms with van der Waals surface area (Å²) in [7, 11) is 0. The average Bonchev–Trinajstić information content (AvgIpc) is 3.38. The van der Waals surface area contributed by atoms with Crippen molar-refractivity contribution in [3.8, 4) is 5.06 Å². The van der Waals surface area contributed by atoms with Gasteiger partial charge in [-0.3, -0.25) is 9.59 Å². The molecule has 32 heavy (non-hydrogen) atoms. The Hall–Kier alpha value is -2.50. The van der Waals surface area contributed by atoms with Crippen molar-refractivity contribution in [2.75, 3.05) is 30.0 Å². The van der Waals surface area contributed by atoms with Crippen LogP contribution in [0.25, 0.3) is 0 Å². The summed E-state index contributed by atoms with van der Waals surface area (Å²) in [5.41, 5.74) is -0.766. The largest absolute Gasteiger partial charge is 0.414 e. The summed E-state index contributed by atoms with van der Waals surface area (Å²) in [5.74, 6) is -1.39. The van der Waals surface area contributed by atoms with E-state index in [-0.39, 0.29) is 30.4 Å². The van der Waals surface area contributed by atoms with Gasteiger partial charge in [0.15, 0.2) is 5.06 Å². The molecule has 1 saturated heterocycles. The SMILES string of the molecule is O=C(NC1(C(=O)Nc2ccc(N3CCOCC3=O)c(F)c2)CCCC1)Oc1ccc(Br)s1. The molecule has 170 valence electrons. The fourth-order valence-electron chi connectivity index (χ4n) is 3.88. The number of benzene rings is 1. The molecule has 11 heteroatoms. The first-order valence-electron chi connectivity index (χ1n) is 10.1. The van der Waals surface area contributed by atoms with E-state index >= 15 is 0 Å². The van der Waals surface area contributed by atoms with Crippen molar-refractivity contribution in [1.29, 1.82) is 0 Å². The minimum absolute atomic E-state index is 0.0926. The summed E-state index contributed by atoms with van der Waals surface area (Å²) in [6.07, 6.45) is 1.72. The minimum atomic E-state index is -1.14. The standard InChI is InChI=1S/C21H21BrFN3O5S/c22-16-5-6-18(32-16)31-20(29)25-21(7-1-2-8-21)19(28)24-13-3-4-15(14(23)11-13)26-9-10-30-12-17(26)27/h3-6,11H,1-2,7-10,12H2,(H,24,28)(H,25,29). The summed E-state index contributed by atoms with van der Waals surface area (Å²) in [6.45, 7) is 0.498. The Labute approximate surface area is 196 Å². The van der Waals surface area contributed by atoms with Crippen LogP contribution in [-0.2, 0) is 14.3 Å². The maximum atomic E-state index is 14.7. The van der Waals surface area contributed by atoms with E-state index in [9.17, 15) is 18.8 Å². The lowest BCUT2D eigenvalue weighted by Gasteiger charge is -2.29. The fraction of sp³-hybridized carbons (Fsp3) is 0.381. The van der Waals surface area contributed by atoms with Crippen molar-refractivity contribution in [3.63, 3.8) is 0 Å². The molecule has 1 aliphatic heterocycles. The van der Waals surface area contributed by atoms with Gasteiger partial charge in [-0.1, -0.05) is 24.2 Å². The summed E-state index contributed by atoms with van der Waals surface area (Å²) in [5, 5.41) is 5.81. The number of hydrogen-bond donors (Lipinski definition) is 2. The molecule has 0 radical (unpaired) electrons. The van der Waals surface area contributed by atoms with Gasteiger partial charge in [-0.2, -0.15) is 0 Å². The van der Waals surface area contributed by atoms with Crippen molar-refractivity contribution in [2.45, 2.75) is 31.2 Å². The predicted molar refractivity (Wildman–Crippen MR) is 121 cm³/mol. The third kappa shape index (κ3) is 4.94. The van der Waals surface area contributed by atoms with Crippen LogP contribution >= 0.6 is 27.3 Å². The molecular weight excluding hydrogens is 505 g/mol. The van der Waals surface area contributed by atoms with Crippen molar-refractivity contribution >= 4 is 56.5 Å². The number of nitrogens with zero attached hydrogens (tertiary/aromatic N) is 1. The van der Waals surface area contributed by atoms with E-state index in [1.165, 1.54) is 34.4 Å². The lowest BCUT2D eigenvalue weighted by Crippen LogP contribution is -2.55. The highest BCUT2D eigenvalue weighted by Crippen LogP contribution is 2.33. The first-order valence-corrected chi connectivity index (χ1v) is 11.7. The second-order valence-electron chi connectivity index (χ2n) is 7.58. The van der Waals surface area contributed by atoms with Crippen LogP contribution in [0, 0.1) is 5.82 Å². The van der Waals surface area contributed by atoms with E-state index in [0.717, 1.165) is 16.6 Å². The number of carbonyl (C=O) groups is 3. The van der Waals surface area contributed by atoms with Gasteiger partial charge in [0, 0.05) is 12.2 Å². The van der Waals surface area contributed by atoms with E-state index in [2.05, 4.69) is 26.6 Å². The lowest BCUT2D eigenvalue weighted by molar-refractivity contribution is -0.125. The van der Waals surface area contributed by atoms with Gasteiger partial charge < -0.3 is 25.0 Å². The normalized spacial score (nSPS) is 17.8. The van der Waals surface area contributed by atoms with Gasteiger partial charge in [0.1, 0.15) is 18.0 Å². The van der Waals surface area contributed by atoms with Crippen LogP contribution in [0.2, 0.25) is 0 Å². The molecule has 2 aliphatic rings. The average molecular weight is 526 g/mol. The van der Waals surface area contributed by atoms with E-state index < -0.39 is 23.4 Å². The lowest BCUT2D eigenvalue weighted by atomic mass is 9.96. The van der Waals surface area contributed by atoms with E-state index in [4.69, 9.17) is 9.47 Å². The maximum Gasteiger partial charge on any atom is 0.414 e. The number of amides is 3. The van der Waals surface area contributed by atoms with E-state index in [0.29, 0.717) is 24.5 Å². The Bertz CT molecular complexity index is 1040. The maximum absolute atomic E-state index is 14.7. The van der Waals surface area contributed by atoms with Crippen LogP contribution in [0.3, 0.4) is 0 Å². The summed E-state index contributed by atoms with van der Waals surface area (Å²) in [6, 6.07) is 7.56. The zero-order valence-electron chi connectivity index (χ0n) is 17.0. The molecule has 1 aromatic carbocycles. The highest BCUT2D eigenvalue weighted by atomic mass is 79.9. The molecule has 1 aromatic heterocycles. The molecule has 2 fully saturated rings. The van der Waals surface area contributed by atoms with Gasteiger partial charge in [-0.25, -0.2) is 9.18 Å². The molecule has 1 saturated carbocycles. The van der Waals surface area contributed by atoms with Crippen molar-refractivity contribution < 1.29 is 28.2 Å². The Morgan fingerprint density at radius 2 is 2.00 bits per heavy atom. The second kappa shape index (κ2) is 9.55. The van der Waals surface area contributed by atoms with Crippen LogP contribution in [0.15, 0.2) is 34.1 Å². The number of rotatable bonds is 5. The number of carbonyl (C=O) groups excluding carboxylic acids is 3. The number of hydrogen-bond acceptors (Lipinski definition) is 6. The van der Waals surface area contributed by atoms with Crippen LogP contribution in [0.4, 0.5) is 20.6 Å². The first kappa shape index (κ1) is 22.7. The molecule has 0 bridgehead atoms. The molecule has 3 amide bonds. The Morgan fingerprint density at radius 1 is 1.22 bits per heavy atom. The highest BCUT2D eigenvalue weighted by Gasteiger charge is 2.43. The van der Waals surface area contributed by atoms with Crippen LogP contribution in [0.5, 0.6) is 5.06 Å². The quantitative estimate of drug-likeness (QED) is 0.613.